The molecule has 0 N–H and O–H groups in total. The van der Waals surface area contributed by atoms with Gasteiger partial charge in [0.1, 0.15) is 0 Å². The number of nitrogens with zero attached hydrogens (tertiary/aromatic N) is 1. The van der Waals surface area contributed by atoms with Crippen molar-refractivity contribution in [2.45, 2.75) is 32.6 Å². The Balaban J connectivity index is 1.86. The molecule has 2 aliphatic rings. The first kappa shape index (κ1) is 12.2. The van der Waals surface area contributed by atoms with Crippen molar-refractivity contribution in [2.75, 3.05) is 18.0 Å². The summed E-state index contributed by atoms with van der Waals surface area (Å²) in [4.78, 5) is 14.1. The van der Waals surface area contributed by atoms with Crippen molar-refractivity contribution in [3.05, 3.63) is 28.2 Å². The van der Waals surface area contributed by atoms with Crippen molar-refractivity contribution in [1.82, 2.24) is 0 Å². The minimum atomic E-state index is 0.157. The number of anilines is 1. The third-order valence-electron chi connectivity index (χ3n) is 4.46. The monoisotopic (exact) mass is 307 g/mol. The molecule has 0 radical (unpaired) electrons. The Hall–Kier alpha value is -0.830. The summed E-state index contributed by atoms with van der Waals surface area (Å²) in [6, 6.07) is 5.97. The molecule has 1 saturated carbocycles. The molecule has 0 atom stereocenters. The van der Waals surface area contributed by atoms with Gasteiger partial charge in [0.15, 0.2) is 5.78 Å². The van der Waals surface area contributed by atoms with E-state index in [1.165, 1.54) is 25.7 Å². The van der Waals surface area contributed by atoms with Gasteiger partial charge in [0.05, 0.1) is 0 Å². The highest BCUT2D eigenvalue weighted by Crippen LogP contribution is 2.54. The molecule has 1 heterocycles. The molecule has 0 unspecified atom stereocenters. The SMILES string of the molecule is CC(=O)c1ccc(Br)cc1N1CCC2(CC1)CC2. The summed E-state index contributed by atoms with van der Waals surface area (Å²) in [5.41, 5.74) is 2.64. The summed E-state index contributed by atoms with van der Waals surface area (Å²) in [7, 11) is 0. The van der Waals surface area contributed by atoms with Crippen molar-refractivity contribution < 1.29 is 4.79 Å². The van der Waals surface area contributed by atoms with Crippen LogP contribution in [0.1, 0.15) is 43.0 Å². The van der Waals surface area contributed by atoms with Crippen LogP contribution >= 0.6 is 15.9 Å². The Morgan fingerprint density at radius 3 is 2.44 bits per heavy atom. The van der Waals surface area contributed by atoms with Gasteiger partial charge in [-0.05, 0) is 56.2 Å². The zero-order valence-electron chi connectivity index (χ0n) is 10.7. The molecule has 1 aliphatic carbocycles. The van der Waals surface area contributed by atoms with Crippen molar-refractivity contribution in [2.24, 2.45) is 5.41 Å². The molecule has 3 heteroatoms. The molecule has 0 amide bonds. The minimum Gasteiger partial charge on any atom is -0.371 e. The van der Waals surface area contributed by atoms with Gasteiger partial charge in [-0.3, -0.25) is 4.79 Å². The highest BCUT2D eigenvalue weighted by molar-refractivity contribution is 9.10. The van der Waals surface area contributed by atoms with E-state index in [1.54, 1.807) is 6.92 Å². The fourth-order valence-electron chi connectivity index (χ4n) is 2.96. The van der Waals surface area contributed by atoms with Crippen LogP contribution in [0, 0.1) is 5.41 Å². The van der Waals surface area contributed by atoms with E-state index in [2.05, 4.69) is 26.9 Å². The lowest BCUT2D eigenvalue weighted by molar-refractivity contribution is 0.101. The Bertz CT molecular complexity index is 483. The molecule has 18 heavy (non-hydrogen) atoms. The molecule has 1 spiro atoms. The molecule has 2 nitrogen and oxygen atoms in total. The number of piperidine rings is 1. The number of hydrogen-bond donors (Lipinski definition) is 0. The fourth-order valence-corrected chi connectivity index (χ4v) is 3.31. The topological polar surface area (TPSA) is 20.3 Å². The molecule has 3 rings (SSSR count). The number of hydrogen-bond acceptors (Lipinski definition) is 2. The first-order valence-corrected chi connectivity index (χ1v) is 7.44. The Labute approximate surface area is 116 Å². The molecule has 0 aromatic heterocycles. The predicted octanol–water partition coefficient (Wildman–Crippen LogP) is 4.03. The Kier molecular flexibility index (Phi) is 2.97. The summed E-state index contributed by atoms with van der Waals surface area (Å²) in [6.45, 7) is 3.84. The van der Waals surface area contributed by atoms with Crippen LogP contribution in [0.4, 0.5) is 5.69 Å². The molecule has 1 saturated heterocycles. The number of Topliss-reactive ketones (excluding diaryl/α,β-unsaturated/α-hetero) is 1. The fraction of sp³-hybridized carbons (Fsp3) is 0.533. The Morgan fingerprint density at radius 1 is 1.22 bits per heavy atom. The summed E-state index contributed by atoms with van der Waals surface area (Å²) < 4.78 is 1.05. The number of ketones is 1. The molecule has 0 bridgehead atoms. The van der Waals surface area contributed by atoms with E-state index in [-0.39, 0.29) is 5.78 Å². The largest absolute Gasteiger partial charge is 0.371 e. The van der Waals surface area contributed by atoms with Crippen LogP contribution in [0.3, 0.4) is 0 Å². The molecule has 96 valence electrons. The quantitative estimate of drug-likeness (QED) is 0.769. The van der Waals surface area contributed by atoms with Crippen LogP contribution in [-0.4, -0.2) is 18.9 Å². The van der Waals surface area contributed by atoms with Gasteiger partial charge in [0.2, 0.25) is 0 Å². The van der Waals surface area contributed by atoms with Gasteiger partial charge in [0.25, 0.3) is 0 Å². The molecule has 1 aromatic rings. The summed E-state index contributed by atoms with van der Waals surface area (Å²) in [5, 5.41) is 0. The van der Waals surface area contributed by atoms with E-state index in [9.17, 15) is 4.79 Å². The highest BCUT2D eigenvalue weighted by atomic mass is 79.9. The first-order chi connectivity index (χ1) is 8.60. The third kappa shape index (κ3) is 2.20. The zero-order chi connectivity index (χ0) is 12.8. The van der Waals surface area contributed by atoms with Crippen LogP contribution in [0.2, 0.25) is 0 Å². The lowest BCUT2D eigenvalue weighted by Gasteiger charge is -2.34. The molecule has 2 fully saturated rings. The second kappa shape index (κ2) is 4.37. The normalized spacial score (nSPS) is 21.1. The predicted molar refractivity (Wildman–Crippen MR) is 77.3 cm³/mol. The van der Waals surface area contributed by atoms with Crippen LogP contribution < -0.4 is 4.90 Å². The average Bonchev–Trinajstić information content (AvgIpc) is 3.09. The van der Waals surface area contributed by atoms with Crippen molar-refractivity contribution in [3.63, 3.8) is 0 Å². The summed E-state index contributed by atoms with van der Waals surface area (Å²) in [5.74, 6) is 0.157. The lowest BCUT2D eigenvalue weighted by atomic mass is 9.93. The number of carbonyl (C=O) groups excluding carboxylic acids is 1. The standard InChI is InChI=1S/C15H18BrNO/c1-11(18)13-3-2-12(16)10-14(13)17-8-6-15(4-5-15)7-9-17/h2-3,10H,4-9H2,1H3. The van der Waals surface area contributed by atoms with Crippen molar-refractivity contribution in [3.8, 4) is 0 Å². The maximum absolute atomic E-state index is 11.7. The smallest absolute Gasteiger partial charge is 0.161 e. The van der Waals surface area contributed by atoms with Crippen LogP contribution in [-0.2, 0) is 0 Å². The lowest BCUT2D eigenvalue weighted by Crippen LogP contribution is -2.35. The average molecular weight is 308 g/mol. The van der Waals surface area contributed by atoms with E-state index >= 15 is 0 Å². The number of halogens is 1. The number of benzene rings is 1. The summed E-state index contributed by atoms with van der Waals surface area (Å²) >= 11 is 3.51. The van der Waals surface area contributed by atoms with Gasteiger partial charge < -0.3 is 4.90 Å². The molecular formula is C15H18BrNO. The van der Waals surface area contributed by atoms with Crippen LogP contribution in [0.25, 0.3) is 0 Å². The third-order valence-corrected chi connectivity index (χ3v) is 4.95. The zero-order valence-corrected chi connectivity index (χ0v) is 12.3. The second-order valence-electron chi connectivity index (χ2n) is 5.70. The number of rotatable bonds is 2. The van der Waals surface area contributed by atoms with Gasteiger partial charge >= 0.3 is 0 Å². The van der Waals surface area contributed by atoms with E-state index in [1.807, 2.05) is 12.1 Å². The minimum absolute atomic E-state index is 0.157. The van der Waals surface area contributed by atoms with Crippen molar-refractivity contribution >= 4 is 27.4 Å². The van der Waals surface area contributed by atoms with Crippen LogP contribution in [0.15, 0.2) is 22.7 Å². The van der Waals surface area contributed by atoms with E-state index in [4.69, 9.17) is 0 Å². The van der Waals surface area contributed by atoms with Crippen molar-refractivity contribution in [1.29, 1.82) is 0 Å². The van der Waals surface area contributed by atoms with Gasteiger partial charge in [-0.25, -0.2) is 0 Å². The second-order valence-corrected chi connectivity index (χ2v) is 6.62. The maximum atomic E-state index is 11.7. The van der Waals surface area contributed by atoms with E-state index in [0.29, 0.717) is 5.41 Å². The van der Waals surface area contributed by atoms with Gasteiger partial charge in [-0.15, -0.1) is 0 Å². The van der Waals surface area contributed by atoms with E-state index < -0.39 is 0 Å². The van der Waals surface area contributed by atoms with Gasteiger partial charge in [-0.2, -0.15) is 0 Å². The molecule has 1 aliphatic heterocycles. The maximum Gasteiger partial charge on any atom is 0.161 e. The van der Waals surface area contributed by atoms with Gasteiger partial charge in [0, 0.05) is 28.8 Å². The van der Waals surface area contributed by atoms with Gasteiger partial charge in [-0.1, -0.05) is 15.9 Å². The van der Waals surface area contributed by atoms with Crippen LogP contribution in [0.5, 0.6) is 0 Å². The summed E-state index contributed by atoms with van der Waals surface area (Å²) in [6.07, 6.45) is 5.41. The van der Waals surface area contributed by atoms with E-state index in [0.717, 1.165) is 28.8 Å². The number of carbonyl (C=O) groups is 1. The molecule has 1 aromatic carbocycles. The Morgan fingerprint density at radius 2 is 1.89 bits per heavy atom. The highest BCUT2D eigenvalue weighted by Gasteiger charge is 2.44. The first-order valence-electron chi connectivity index (χ1n) is 6.65. The molecular weight excluding hydrogens is 290 g/mol.